The Morgan fingerprint density at radius 3 is 3.00 bits per heavy atom. The van der Waals surface area contributed by atoms with Crippen LogP contribution < -0.4 is 26.6 Å². The van der Waals surface area contributed by atoms with Crippen LogP contribution >= 0.6 is 15.9 Å². The number of carbonyl (C=O) groups excluding carboxylic acids is 1. The predicted molar refractivity (Wildman–Crippen MR) is 134 cm³/mol. The Morgan fingerprint density at radius 2 is 2.26 bits per heavy atom. The van der Waals surface area contributed by atoms with E-state index >= 15 is 0 Å². The Morgan fingerprint density at radius 1 is 1.38 bits per heavy atom. The largest absolute Gasteiger partial charge is 0.486 e. The highest BCUT2D eigenvalue weighted by Gasteiger charge is 2.21. The van der Waals surface area contributed by atoms with Crippen LogP contribution in [0.2, 0.25) is 0 Å². The number of rotatable bonds is 8. The fourth-order valence-electron chi connectivity index (χ4n) is 3.54. The van der Waals surface area contributed by atoms with E-state index < -0.39 is 0 Å². The number of nitrogens with two attached hydrogens (primary N) is 1. The van der Waals surface area contributed by atoms with Crippen LogP contribution in [0.3, 0.4) is 0 Å². The van der Waals surface area contributed by atoms with E-state index in [0.29, 0.717) is 53.3 Å². The number of pyridine rings is 1. The first-order valence-electron chi connectivity index (χ1n) is 10.6. The van der Waals surface area contributed by atoms with E-state index in [0.717, 1.165) is 16.6 Å². The van der Waals surface area contributed by atoms with Crippen molar-refractivity contribution in [3.63, 3.8) is 0 Å². The normalized spacial score (nSPS) is 15.4. The van der Waals surface area contributed by atoms with E-state index in [-0.39, 0.29) is 12.0 Å². The fraction of sp³-hybridized carbons (Fsp3) is 0.208. The molecule has 1 saturated heterocycles. The topological polar surface area (TPSA) is 134 Å². The monoisotopic (exact) mass is 522 g/mol. The second kappa shape index (κ2) is 11.1. The SMILES string of the molecule is N#Cc1cnc2cc(OC3CCOC3)c(NC(=O)/C=C\CNN)cc2c1Nc1cccc(Br)c1. The zero-order chi connectivity index (χ0) is 23.9. The molecule has 1 aliphatic rings. The molecule has 3 aromatic rings. The number of nitriles is 1. The summed E-state index contributed by atoms with van der Waals surface area (Å²) in [7, 11) is 0. The third-order valence-electron chi connectivity index (χ3n) is 5.13. The molecule has 0 spiro atoms. The van der Waals surface area contributed by atoms with Gasteiger partial charge in [-0.05, 0) is 24.3 Å². The van der Waals surface area contributed by atoms with Crippen molar-refractivity contribution < 1.29 is 14.3 Å². The average molecular weight is 523 g/mol. The van der Waals surface area contributed by atoms with E-state index in [2.05, 4.69) is 43.0 Å². The predicted octanol–water partition coefficient (Wildman–Crippen LogP) is 3.74. The Kier molecular flexibility index (Phi) is 7.72. The Labute approximate surface area is 205 Å². The first-order valence-corrected chi connectivity index (χ1v) is 11.4. The number of aromatic nitrogens is 1. The molecule has 34 heavy (non-hydrogen) atoms. The van der Waals surface area contributed by atoms with Gasteiger partial charge in [-0.15, -0.1) is 0 Å². The number of hydrazine groups is 1. The van der Waals surface area contributed by atoms with Crippen molar-refractivity contribution in [1.82, 2.24) is 10.4 Å². The van der Waals surface area contributed by atoms with E-state index in [1.165, 1.54) is 12.3 Å². The summed E-state index contributed by atoms with van der Waals surface area (Å²) >= 11 is 3.47. The second-order valence-corrected chi connectivity index (χ2v) is 8.48. The molecule has 1 atom stereocenters. The van der Waals surface area contributed by atoms with Crippen molar-refractivity contribution in [3.8, 4) is 11.8 Å². The maximum absolute atomic E-state index is 12.5. The van der Waals surface area contributed by atoms with Crippen LogP contribution in [-0.2, 0) is 9.53 Å². The van der Waals surface area contributed by atoms with Gasteiger partial charge in [-0.3, -0.25) is 21.0 Å². The summed E-state index contributed by atoms with van der Waals surface area (Å²) in [4.78, 5) is 17.0. The molecule has 0 aliphatic carbocycles. The molecule has 1 fully saturated rings. The van der Waals surface area contributed by atoms with E-state index in [4.69, 9.17) is 15.3 Å². The number of halogens is 1. The highest BCUT2D eigenvalue weighted by atomic mass is 79.9. The molecule has 1 unspecified atom stereocenters. The van der Waals surface area contributed by atoms with Gasteiger partial charge in [0.05, 0.1) is 35.7 Å². The maximum atomic E-state index is 12.5. The molecule has 2 heterocycles. The Balaban J connectivity index is 1.78. The van der Waals surface area contributed by atoms with Crippen LogP contribution in [0.15, 0.2) is 59.2 Å². The molecule has 1 amide bonds. The van der Waals surface area contributed by atoms with E-state index in [9.17, 15) is 10.1 Å². The minimum atomic E-state index is -0.340. The Hall–Kier alpha value is -3.49. The number of ether oxygens (including phenoxy) is 2. The second-order valence-electron chi connectivity index (χ2n) is 7.56. The van der Waals surface area contributed by atoms with Crippen molar-refractivity contribution in [2.24, 2.45) is 5.84 Å². The van der Waals surface area contributed by atoms with Crippen molar-refractivity contribution in [3.05, 3.63) is 64.8 Å². The summed E-state index contributed by atoms with van der Waals surface area (Å²) in [5, 5.41) is 16.6. The quantitative estimate of drug-likeness (QED) is 0.199. The number of anilines is 3. The number of carbonyl (C=O) groups is 1. The lowest BCUT2D eigenvalue weighted by molar-refractivity contribution is -0.111. The van der Waals surface area contributed by atoms with Crippen LogP contribution in [-0.4, -0.2) is 36.8 Å². The molecule has 10 heteroatoms. The summed E-state index contributed by atoms with van der Waals surface area (Å²) in [6.07, 6.45) is 5.15. The van der Waals surface area contributed by atoms with Gasteiger partial charge in [-0.25, -0.2) is 0 Å². The van der Waals surface area contributed by atoms with Crippen molar-refractivity contribution in [1.29, 1.82) is 5.26 Å². The lowest BCUT2D eigenvalue weighted by Crippen LogP contribution is -2.22. The van der Waals surface area contributed by atoms with Gasteiger partial charge in [0.15, 0.2) is 0 Å². The zero-order valence-corrected chi connectivity index (χ0v) is 19.8. The molecule has 1 aliphatic heterocycles. The third kappa shape index (κ3) is 5.70. The fourth-order valence-corrected chi connectivity index (χ4v) is 3.94. The highest BCUT2D eigenvalue weighted by molar-refractivity contribution is 9.10. The summed E-state index contributed by atoms with van der Waals surface area (Å²) in [6.45, 7) is 1.45. The van der Waals surface area contributed by atoms with Gasteiger partial charge in [-0.1, -0.05) is 28.1 Å². The number of hydrogen-bond acceptors (Lipinski definition) is 8. The van der Waals surface area contributed by atoms with Crippen molar-refractivity contribution >= 4 is 49.8 Å². The van der Waals surface area contributed by atoms with Crippen LogP contribution in [0, 0.1) is 11.3 Å². The molecule has 174 valence electrons. The van der Waals surface area contributed by atoms with Crippen molar-refractivity contribution in [2.75, 3.05) is 30.4 Å². The van der Waals surface area contributed by atoms with Crippen LogP contribution in [0.1, 0.15) is 12.0 Å². The first kappa shape index (κ1) is 23.7. The highest BCUT2D eigenvalue weighted by Crippen LogP contribution is 2.37. The number of amides is 1. The maximum Gasteiger partial charge on any atom is 0.248 e. The van der Waals surface area contributed by atoms with E-state index in [1.54, 1.807) is 18.2 Å². The summed E-state index contributed by atoms with van der Waals surface area (Å²) < 4.78 is 12.5. The molecular weight excluding hydrogens is 500 g/mol. The number of nitrogens with one attached hydrogen (secondary N) is 3. The lowest BCUT2D eigenvalue weighted by Gasteiger charge is -2.18. The molecule has 0 saturated carbocycles. The van der Waals surface area contributed by atoms with Gasteiger partial charge in [-0.2, -0.15) is 5.26 Å². The smallest absolute Gasteiger partial charge is 0.248 e. The summed E-state index contributed by atoms with van der Waals surface area (Å²) in [5.41, 5.74) is 5.29. The number of hydrogen-bond donors (Lipinski definition) is 4. The van der Waals surface area contributed by atoms with Gasteiger partial charge in [0.1, 0.15) is 17.9 Å². The Bertz CT molecular complexity index is 1270. The van der Waals surface area contributed by atoms with Gasteiger partial charge >= 0.3 is 0 Å². The molecule has 4 rings (SSSR count). The molecule has 0 bridgehead atoms. The van der Waals surface area contributed by atoms with Gasteiger partial charge in [0, 0.05) is 46.9 Å². The van der Waals surface area contributed by atoms with E-state index in [1.807, 2.05) is 24.3 Å². The zero-order valence-electron chi connectivity index (χ0n) is 18.2. The van der Waals surface area contributed by atoms with Gasteiger partial charge in [0.25, 0.3) is 0 Å². The number of nitrogens with zero attached hydrogens (tertiary/aromatic N) is 2. The minimum absolute atomic E-state index is 0.122. The number of fused-ring (bicyclic) bond motifs is 1. The molecule has 1 aromatic heterocycles. The van der Waals surface area contributed by atoms with Crippen molar-refractivity contribution in [2.45, 2.75) is 12.5 Å². The van der Waals surface area contributed by atoms with Crippen LogP contribution in [0.25, 0.3) is 10.9 Å². The number of benzene rings is 2. The molecule has 9 nitrogen and oxygen atoms in total. The van der Waals surface area contributed by atoms with Crippen LogP contribution in [0.4, 0.5) is 17.1 Å². The molecule has 2 aromatic carbocycles. The molecule has 5 N–H and O–H groups in total. The molecule has 0 radical (unpaired) electrons. The lowest BCUT2D eigenvalue weighted by atomic mass is 10.1. The standard InChI is InChI=1S/C24H23BrN6O3/c25-16-3-1-4-17(9-16)30-24-15(12-26)13-28-20-11-22(34-18-6-8-33-14-18)21(10-19(20)24)31-23(32)5-2-7-29-27/h1-5,9-11,13,18,29H,6-8,14,27H2,(H,28,30)(H,31,32)/b5-2-. The van der Waals surface area contributed by atoms with Crippen LogP contribution in [0.5, 0.6) is 5.75 Å². The van der Waals surface area contributed by atoms with Gasteiger partial charge < -0.3 is 20.1 Å². The first-order chi connectivity index (χ1) is 16.6. The molecular formula is C24H23BrN6O3. The third-order valence-corrected chi connectivity index (χ3v) is 5.62. The minimum Gasteiger partial charge on any atom is -0.486 e. The summed E-state index contributed by atoms with van der Waals surface area (Å²) in [6, 6.07) is 13.3. The van der Waals surface area contributed by atoms with Gasteiger partial charge in [0.2, 0.25) is 5.91 Å². The summed E-state index contributed by atoms with van der Waals surface area (Å²) in [5.74, 6) is 5.39. The average Bonchev–Trinajstić information content (AvgIpc) is 3.33.